The third kappa shape index (κ3) is 2.88. The Labute approximate surface area is 136 Å². The standard InChI is InChI=1S/C15H12N2O3S.ClH/c1-9-2-4-10(5-3-9)11-7-21-14-13(11)15(20)17(8-16-14)6-12(18)19;/h2-5,7-8H,6H2,1H3,(H,18,19);1H/p-1. The second kappa shape index (κ2) is 6.29. The maximum Gasteiger partial charge on any atom is 0.323 e. The number of carboxylic acids is 1. The van der Waals surface area contributed by atoms with Crippen molar-refractivity contribution in [2.24, 2.45) is 0 Å². The first-order valence-corrected chi connectivity index (χ1v) is 7.19. The lowest BCUT2D eigenvalue weighted by Gasteiger charge is -2.03. The lowest BCUT2D eigenvalue weighted by atomic mass is 10.1. The van der Waals surface area contributed by atoms with E-state index in [0.717, 1.165) is 21.3 Å². The predicted molar refractivity (Wildman–Crippen MR) is 81.7 cm³/mol. The molecule has 7 heteroatoms. The lowest BCUT2D eigenvalue weighted by Crippen LogP contribution is -3.00. The predicted octanol–water partition coefficient (Wildman–Crippen LogP) is -0.478. The molecule has 1 aromatic carbocycles. The average Bonchev–Trinajstić information content (AvgIpc) is 2.87. The molecule has 2 heterocycles. The molecular formula is C15H12ClN2O3S-. The molecular weight excluding hydrogens is 324 g/mol. The zero-order valence-corrected chi connectivity index (χ0v) is 13.2. The molecule has 1 N–H and O–H groups in total. The van der Waals surface area contributed by atoms with Crippen molar-refractivity contribution in [3.63, 3.8) is 0 Å². The Morgan fingerprint density at radius 2 is 2.00 bits per heavy atom. The highest BCUT2D eigenvalue weighted by Gasteiger charge is 2.14. The third-order valence-electron chi connectivity index (χ3n) is 3.23. The summed E-state index contributed by atoms with van der Waals surface area (Å²) in [6.07, 6.45) is 1.29. The van der Waals surface area contributed by atoms with Crippen LogP contribution >= 0.6 is 11.3 Å². The van der Waals surface area contributed by atoms with Gasteiger partial charge in [0.15, 0.2) is 0 Å². The van der Waals surface area contributed by atoms with Crippen molar-refractivity contribution in [3.8, 4) is 11.1 Å². The van der Waals surface area contributed by atoms with Gasteiger partial charge in [-0.3, -0.25) is 14.2 Å². The second-order valence-corrected chi connectivity index (χ2v) is 5.63. The van der Waals surface area contributed by atoms with Gasteiger partial charge in [-0.15, -0.1) is 11.3 Å². The molecule has 0 spiro atoms. The van der Waals surface area contributed by atoms with Gasteiger partial charge in [0.2, 0.25) is 0 Å². The monoisotopic (exact) mass is 335 g/mol. The van der Waals surface area contributed by atoms with Crippen LogP contribution in [0, 0.1) is 6.92 Å². The van der Waals surface area contributed by atoms with E-state index in [2.05, 4.69) is 4.98 Å². The smallest absolute Gasteiger partial charge is 0.323 e. The quantitative estimate of drug-likeness (QED) is 0.702. The summed E-state index contributed by atoms with van der Waals surface area (Å²) in [5.74, 6) is -1.06. The molecule has 0 bridgehead atoms. The van der Waals surface area contributed by atoms with Crippen LogP contribution in [0.1, 0.15) is 5.56 Å². The molecule has 0 unspecified atom stereocenters. The number of carboxylic acid groups (broad SMARTS) is 1. The summed E-state index contributed by atoms with van der Waals surface area (Å²) in [5.41, 5.74) is 2.55. The first-order valence-electron chi connectivity index (χ1n) is 6.32. The molecule has 0 radical (unpaired) electrons. The van der Waals surface area contributed by atoms with Crippen molar-refractivity contribution in [2.75, 3.05) is 0 Å². The number of thiophene rings is 1. The number of rotatable bonds is 3. The number of fused-ring (bicyclic) bond motifs is 1. The fraction of sp³-hybridized carbons (Fsp3) is 0.133. The van der Waals surface area contributed by atoms with Gasteiger partial charge in [0.05, 0.1) is 11.7 Å². The van der Waals surface area contributed by atoms with Crippen molar-refractivity contribution < 1.29 is 22.3 Å². The molecule has 0 amide bonds. The van der Waals surface area contributed by atoms with E-state index >= 15 is 0 Å². The molecule has 114 valence electrons. The highest BCUT2D eigenvalue weighted by atomic mass is 35.5. The van der Waals surface area contributed by atoms with Crippen molar-refractivity contribution >= 4 is 27.5 Å². The first kappa shape index (κ1) is 16.2. The number of benzene rings is 1. The van der Waals surface area contributed by atoms with Gasteiger partial charge in [0, 0.05) is 10.9 Å². The second-order valence-electron chi connectivity index (χ2n) is 4.77. The van der Waals surface area contributed by atoms with Crippen molar-refractivity contribution in [3.05, 3.63) is 51.9 Å². The number of aromatic nitrogens is 2. The van der Waals surface area contributed by atoms with E-state index in [-0.39, 0.29) is 24.5 Å². The Bertz CT molecular complexity index is 884. The van der Waals surface area contributed by atoms with E-state index in [1.807, 2.05) is 36.6 Å². The van der Waals surface area contributed by atoms with Crippen LogP contribution in [0.15, 0.2) is 40.8 Å². The summed E-state index contributed by atoms with van der Waals surface area (Å²) < 4.78 is 1.12. The molecule has 3 aromatic rings. The van der Waals surface area contributed by atoms with Crippen LogP contribution in [0.3, 0.4) is 0 Å². The van der Waals surface area contributed by atoms with Crippen molar-refractivity contribution in [1.29, 1.82) is 0 Å². The molecule has 0 aliphatic heterocycles. The fourth-order valence-electron chi connectivity index (χ4n) is 2.17. The topological polar surface area (TPSA) is 72.2 Å². The summed E-state index contributed by atoms with van der Waals surface area (Å²) in [5, 5.41) is 11.2. The number of carbonyl (C=O) groups is 1. The Morgan fingerprint density at radius 1 is 1.32 bits per heavy atom. The summed E-state index contributed by atoms with van der Waals surface area (Å²) >= 11 is 1.38. The number of nitrogens with zero attached hydrogens (tertiary/aromatic N) is 2. The van der Waals surface area contributed by atoms with Gasteiger partial charge in [0.25, 0.3) is 5.56 Å². The van der Waals surface area contributed by atoms with E-state index in [9.17, 15) is 9.59 Å². The maximum absolute atomic E-state index is 12.5. The average molecular weight is 336 g/mol. The first-order chi connectivity index (χ1) is 10.1. The van der Waals surface area contributed by atoms with Crippen LogP contribution in [0.2, 0.25) is 0 Å². The van der Waals surface area contributed by atoms with Crippen molar-refractivity contribution in [2.45, 2.75) is 13.5 Å². The van der Waals surface area contributed by atoms with Gasteiger partial charge in [0.1, 0.15) is 11.4 Å². The highest BCUT2D eigenvalue weighted by Crippen LogP contribution is 2.30. The van der Waals surface area contributed by atoms with E-state index < -0.39 is 5.97 Å². The van der Waals surface area contributed by atoms with Crippen molar-refractivity contribution in [1.82, 2.24) is 9.55 Å². The highest BCUT2D eigenvalue weighted by molar-refractivity contribution is 7.17. The van der Waals surface area contributed by atoms with Crippen LogP contribution in [-0.2, 0) is 11.3 Å². The fourth-order valence-corrected chi connectivity index (χ4v) is 3.08. The van der Waals surface area contributed by atoms with Gasteiger partial charge < -0.3 is 17.5 Å². The minimum atomic E-state index is -1.06. The van der Waals surface area contributed by atoms with E-state index in [1.165, 1.54) is 17.7 Å². The Hall–Kier alpha value is -2.18. The Kier molecular flexibility index (Phi) is 4.63. The summed E-state index contributed by atoms with van der Waals surface area (Å²) in [7, 11) is 0. The van der Waals surface area contributed by atoms with Crippen LogP contribution in [-0.4, -0.2) is 20.6 Å². The number of aliphatic carboxylic acids is 1. The van der Waals surface area contributed by atoms with Crippen LogP contribution < -0.4 is 18.0 Å². The summed E-state index contributed by atoms with van der Waals surface area (Å²) in [6, 6.07) is 7.85. The molecule has 22 heavy (non-hydrogen) atoms. The summed E-state index contributed by atoms with van der Waals surface area (Å²) in [6.45, 7) is 1.61. The number of hydrogen-bond acceptors (Lipinski definition) is 4. The largest absolute Gasteiger partial charge is 1.00 e. The van der Waals surface area contributed by atoms with Gasteiger partial charge >= 0.3 is 5.97 Å². The minimum absolute atomic E-state index is 0. The van der Waals surface area contributed by atoms with Gasteiger partial charge in [-0.2, -0.15) is 0 Å². The van der Waals surface area contributed by atoms with Crippen LogP contribution in [0.4, 0.5) is 0 Å². The molecule has 0 saturated heterocycles. The SMILES string of the molecule is Cc1ccc(-c2csc3ncn(CC(=O)O)c(=O)c23)cc1.[Cl-]. The van der Waals surface area contributed by atoms with Gasteiger partial charge in [-0.25, -0.2) is 4.98 Å². The Balaban J connectivity index is 0.00000176. The van der Waals surface area contributed by atoms with Gasteiger partial charge in [-0.05, 0) is 12.5 Å². The van der Waals surface area contributed by atoms with Crippen LogP contribution in [0.25, 0.3) is 21.3 Å². The lowest BCUT2D eigenvalue weighted by molar-refractivity contribution is -0.137. The molecule has 0 saturated carbocycles. The minimum Gasteiger partial charge on any atom is -1.00 e. The molecule has 5 nitrogen and oxygen atoms in total. The molecule has 3 rings (SSSR count). The molecule has 0 fully saturated rings. The zero-order chi connectivity index (χ0) is 15.0. The zero-order valence-electron chi connectivity index (χ0n) is 11.6. The normalized spacial score (nSPS) is 10.4. The Morgan fingerprint density at radius 3 is 2.64 bits per heavy atom. The molecule has 0 aliphatic rings. The van der Waals surface area contributed by atoms with Gasteiger partial charge in [-0.1, -0.05) is 29.8 Å². The number of aryl methyl sites for hydroxylation is 1. The summed E-state index contributed by atoms with van der Waals surface area (Å²) in [4.78, 5) is 28.1. The molecule has 0 atom stereocenters. The number of hydrogen-bond donors (Lipinski definition) is 1. The van der Waals surface area contributed by atoms with E-state index in [1.54, 1.807) is 0 Å². The van der Waals surface area contributed by atoms with Crippen LogP contribution in [0.5, 0.6) is 0 Å². The number of halogens is 1. The third-order valence-corrected chi connectivity index (χ3v) is 4.12. The maximum atomic E-state index is 12.5. The molecule has 2 aromatic heterocycles. The molecule has 0 aliphatic carbocycles. The van der Waals surface area contributed by atoms with E-state index in [0.29, 0.717) is 10.2 Å². The van der Waals surface area contributed by atoms with E-state index in [4.69, 9.17) is 5.11 Å².